The van der Waals surface area contributed by atoms with Crippen LogP contribution >= 0.6 is 27.5 Å². The van der Waals surface area contributed by atoms with Crippen molar-refractivity contribution >= 4 is 49.8 Å². The van der Waals surface area contributed by atoms with Crippen molar-refractivity contribution in [3.05, 3.63) is 63.2 Å². The Bertz CT molecular complexity index is 825. The Labute approximate surface area is 137 Å². The highest BCUT2D eigenvalue weighted by Crippen LogP contribution is 2.34. The second-order valence-electron chi connectivity index (χ2n) is 5.09. The number of halogens is 2. The van der Waals surface area contributed by atoms with Crippen LogP contribution in [0, 0.1) is 13.8 Å². The van der Waals surface area contributed by atoms with Crippen molar-refractivity contribution in [1.82, 2.24) is 4.98 Å². The summed E-state index contributed by atoms with van der Waals surface area (Å²) in [5.41, 5.74) is 5.24. The van der Waals surface area contributed by atoms with Crippen LogP contribution in [-0.4, -0.2) is 4.98 Å². The van der Waals surface area contributed by atoms with E-state index in [0.717, 1.165) is 26.8 Å². The average Bonchev–Trinajstić information content (AvgIpc) is 2.46. The summed E-state index contributed by atoms with van der Waals surface area (Å²) < 4.78 is 1.00. The summed E-state index contributed by atoms with van der Waals surface area (Å²) in [6, 6.07) is 12.3. The van der Waals surface area contributed by atoms with Crippen LogP contribution in [0.1, 0.15) is 11.1 Å². The molecule has 2 aromatic carbocycles. The van der Waals surface area contributed by atoms with Crippen LogP contribution < -0.4 is 5.32 Å². The summed E-state index contributed by atoms with van der Waals surface area (Å²) in [6.07, 6.45) is 1.69. The van der Waals surface area contributed by atoms with Crippen molar-refractivity contribution < 1.29 is 0 Å². The lowest BCUT2D eigenvalue weighted by molar-refractivity contribution is 1.36. The van der Waals surface area contributed by atoms with Gasteiger partial charge in [0.15, 0.2) is 0 Å². The molecular formula is C17H14BrClN2. The van der Waals surface area contributed by atoms with Gasteiger partial charge in [0.2, 0.25) is 0 Å². The predicted molar refractivity (Wildman–Crippen MR) is 93.7 cm³/mol. The average molecular weight is 362 g/mol. The van der Waals surface area contributed by atoms with Crippen LogP contribution in [0.4, 0.5) is 11.4 Å². The maximum atomic E-state index is 6.36. The molecule has 3 aromatic rings. The Hall–Kier alpha value is -1.58. The van der Waals surface area contributed by atoms with E-state index in [-0.39, 0.29) is 0 Å². The highest BCUT2D eigenvalue weighted by molar-refractivity contribution is 9.10. The number of aryl methyl sites for hydroxylation is 2. The summed E-state index contributed by atoms with van der Waals surface area (Å²) >= 11 is 9.86. The molecule has 1 heterocycles. The number of hydrogen-bond donors (Lipinski definition) is 1. The molecule has 106 valence electrons. The van der Waals surface area contributed by atoms with Crippen LogP contribution in [0.5, 0.6) is 0 Å². The minimum Gasteiger partial charge on any atom is -0.353 e. The van der Waals surface area contributed by atoms with Gasteiger partial charge in [-0.1, -0.05) is 39.7 Å². The van der Waals surface area contributed by atoms with Crippen molar-refractivity contribution in [2.75, 3.05) is 5.32 Å². The van der Waals surface area contributed by atoms with Gasteiger partial charge in [0, 0.05) is 21.7 Å². The summed E-state index contributed by atoms with van der Waals surface area (Å²) in [4.78, 5) is 4.37. The summed E-state index contributed by atoms with van der Waals surface area (Å²) in [5, 5.41) is 5.07. The molecule has 0 amide bonds. The van der Waals surface area contributed by atoms with E-state index in [1.807, 2.05) is 18.2 Å². The van der Waals surface area contributed by atoms with Gasteiger partial charge in [0.05, 0.1) is 16.2 Å². The Morgan fingerprint density at radius 2 is 1.90 bits per heavy atom. The molecule has 0 aliphatic carbocycles. The number of benzene rings is 2. The van der Waals surface area contributed by atoms with Crippen LogP contribution in [-0.2, 0) is 0 Å². The number of anilines is 2. The standard InChI is InChI=1S/C17H14BrClN2/c1-10-3-4-11(2)16(7-10)21-17-13-8-12(18)5-6-15(13)20-9-14(17)19/h3-9H,1-2H3,(H,20,21). The van der Waals surface area contributed by atoms with E-state index in [0.29, 0.717) is 5.02 Å². The lowest BCUT2D eigenvalue weighted by atomic mass is 10.1. The third-order valence-electron chi connectivity index (χ3n) is 3.44. The third-order valence-corrected chi connectivity index (χ3v) is 4.22. The number of pyridine rings is 1. The molecule has 0 atom stereocenters. The zero-order valence-corrected chi connectivity index (χ0v) is 14.1. The van der Waals surface area contributed by atoms with Gasteiger partial charge in [0.1, 0.15) is 0 Å². The van der Waals surface area contributed by atoms with Crippen molar-refractivity contribution in [2.24, 2.45) is 0 Å². The van der Waals surface area contributed by atoms with Gasteiger partial charge in [0.25, 0.3) is 0 Å². The number of hydrogen-bond acceptors (Lipinski definition) is 2. The number of nitrogens with one attached hydrogen (secondary N) is 1. The zero-order chi connectivity index (χ0) is 15.0. The first-order valence-corrected chi connectivity index (χ1v) is 7.80. The normalized spacial score (nSPS) is 10.9. The molecule has 4 heteroatoms. The van der Waals surface area contributed by atoms with Crippen molar-refractivity contribution in [3.8, 4) is 0 Å². The van der Waals surface area contributed by atoms with E-state index in [4.69, 9.17) is 11.6 Å². The van der Waals surface area contributed by atoms with E-state index in [1.165, 1.54) is 11.1 Å². The van der Waals surface area contributed by atoms with Crippen LogP contribution in [0.15, 0.2) is 47.1 Å². The van der Waals surface area contributed by atoms with Crippen molar-refractivity contribution in [2.45, 2.75) is 13.8 Å². The monoisotopic (exact) mass is 360 g/mol. The van der Waals surface area contributed by atoms with E-state index < -0.39 is 0 Å². The maximum Gasteiger partial charge on any atom is 0.0830 e. The highest BCUT2D eigenvalue weighted by atomic mass is 79.9. The number of fused-ring (bicyclic) bond motifs is 1. The van der Waals surface area contributed by atoms with E-state index in [2.05, 4.69) is 58.3 Å². The first-order valence-electron chi connectivity index (χ1n) is 6.62. The second-order valence-corrected chi connectivity index (χ2v) is 6.41. The summed E-state index contributed by atoms with van der Waals surface area (Å²) in [7, 11) is 0. The van der Waals surface area contributed by atoms with Crippen LogP contribution in [0.3, 0.4) is 0 Å². The largest absolute Gasteiger partial charge is 0.353 e. The van der Waals surface area contributed by atoms with Crippen molar-refractivity contribution in [1.29, 1.82) is 0 Å². The molecule has 0 unspecified atom stereocenters. The summed E-state index contributed by atoms with van der Waals surface area (Å²) in [6.45, 7) is 4.16. The fourth-order valence-corrected chi connectivity index (χ4v) is 2.83. The first kappa shape index (κ1) is 14.4. The third kappa shape index (κ3) is 2.89. The van der Waals surface area contributed by atoms with Gasteiger partial charge < -0.3 is 5.32 Å². The lowest BCUT2D eigenvalue weighted by Gasteiger charge is -2.14. The van der Waals surface area contributed by atoms with Crippen molar-refractivity contribution in [3.63, 3.8) is 0 Å². The summed E-state index contributed by atoms with van der Waals surface area (Å²) in [5.74, 6) is 0. The number of nitrogens with zero attached hydrogens (tertiary/aromatic N) is 1. The quantitative estimate of drug-likeness (QED) is 0.604. The molecule has 0 spiro atoms. The molecule has 0 saturated carbocycles. The second kappa shape index (κ2) is 5.66. The predicted octanol–water partition coefficient (Wildman–Crippen LogP) is 6.01. The molecule has 0 radical (unpaired) electrons. The highest BCUT2D eigenvalue weighted by Gasteiger charge is 2.09. The maximum absolute atomic E-state index is 6.36. The molecular weight excluding hydrogens is 348 g/mol. The van der Waals surface area contributed by atoms with Gasteiger partial charge >= 0.3 is 0 Å². The van der Waals surface area contributed by atoms with Gasteiger partial charge in [-0.2, -0.15) is 0 Å². The number of rotatable bonds is 2. The topological polar surface area (TPSA) is 24.9 Å². The van der Waals surface area contributed by atoms with Gasteiger partial charge in [-0.15, -0.1) is 0 Å². The zero-order valence-electron chi connectivity index (χ0n) is 11.7. The molecule has 21 heavy (non-hydrogen) atoms. The fourth-order valence-electron chi connectivity index (χ4n) is 2.27. The van der Waals surface area contributed by atoms with Gasteiger partial charge in [-0.25, -0.2) is 0 Å². The minimum absolute atomic E-state index is 0.613. The number of aromatic nitrogens is 1. The SMILES string of the molecule is Cc1ccc(C)c(Nc2c(Cl)cnc3ccc(Br)cc23)c1. The Kier molecular flexibility index (Phi) is 3.87. The molecule has 1 aromatic heterocycles. The van der Waals surface area contributed by atoms with Crippen LogP contribution in [0.2, 0.25) is 5.02 Å². The minimum atomic E-state index is 0.613. The lowest BCUT2D eigenvalue weighted by Crippen LogP contribution is -1.97. The molecule has 0 saturated heterocycles. The molecule has 3 rings (SSSR count). The Balaban J connectivity index is 2.17. The molecule has 2 nitrogen and oxygen atoms in total. The van der Waals surface area contributed by atoms with E-state index in [1.54, 1.807) is 6.20 Å². The van der Waals surface area contributed by atoms with Gasteiger partial charge in [-0.3, -0.25) is 4.98 Å². The van der Waals surface area contributed by atoms with Gasteiger partial charge in [-0.05, 0) is 49.2 Å². The van der Waals surface area contributed by atoms with E-state index in [9.17, 15) is 0 Å². The molecule has 0 fully saturated rings. The van der Waals surface area contributed by atoms with Crippen LogP contribution in [0.25, 0.3) is 10.9 Å². The molecule has 0 aliphatic rings. The first-order chi connectivity index (χ1) is 10.0. The molecule has 0 bridgehead atoms. The molecule has 0 aliphatic heterocycles. The van der Waals surface area contributed by atoms with E-state index >= 15 is 0 Å². The Morgan fingerprint density at radius 3 is 2.71 bits per heavy atom. The molecule has 1 N–H and O–H groups in total. The Morgan fingerprint density at radius 1 is 1.10 bits per heavy atom. The smallest absolute Gasteiger partial charge is 0.0830 e. The fraction of sp³-hybridized carbons (Fsp3) is 0.118.